The van der Waals surface area contributed by atoms with Gasteiger partial charge in [0.25, 0.3) is 0 Å². The lowest BCUT2D eigenvalue weighted by Gasteiger charge is -2.27. The van der Waals surface area contributed by atoms with E-state index in [1.807, 2.05) is 0 Å². The molecule has 1 aliphatic rings. The van der Waals surface area contributed by atoms with Crippen molar-refractivity contribution in [2.24, 2.45) is 0 Å². The normalized spacial score (nSPS) is 17.5. The van der Waals surface area contributed by atoms with Crippen LogP contribution < -0.4 is 4.74 Å². The van der Waals surface area contributed by atoms with E-state index < -0.39 is 0 Å². The molecule has 2 rings (SSSR count). The highest BCUT2D eigenvalue weighted by atomic mass is 16.5. The predicted molar refractivity (Wildman–Crippen MR) is 85.6 cm³/mol. The van der Waals surface area contributed by atoms with Gasteiger partial charge in [-0.05, 0) is 68.5 Å². The van der Waals surface area contributed by atoms with E-state index in [0.717, 1.165) is 18.8 Å². The standard InChI is InChI=1S/C18H29NO/c1-4-9-19(10-5-2)17-12-15-7-8-18(20-11-6-3)14-16(15)13-17/h7-8,14,17H,4-6,9-13H2,1-3H3. The van der Waals surface area contributed by atoms with E-state index in [-0.39, 0.29) is 0 Å². The van der Waals surface area contributed by atoms with E-state index in [0.29, 0.717) is 6.04 Å². The molecule has 1 aliphatic carbocycles. The quantitative estimate of drug-likeness (QED) is 0.709. The molecular weight excluding hydrogens is 246 g/mol. The minimum Gasteiger partial charge on any atom is -0.494 e. The number of hydrogen-bond donors (Lipinski definition) is 0. The molecule has 112 valence electrons. The highest BCUT2D eigenvalue weighted by Gasteiger charge is 2.26. The first kappa shape index (κ1) is 15.4. The molecule has 1 unspecified atom stereocenters. The summed E-state index contributed by atoms with van der Waals surface area (Å²) in [5.74, 6) is 1.05. The van der Waals surface area contributed by atoms with E-state index in [9.17, 15) is 0 Å². The maximum absolute atomic E-state index is 5.76. The van der Waals surface area contributed by atoms with Gasteiger partial charge in [0.15, 0.2) is 0 Å². The smallest absolute Gasteiger partial charge is 0.119 e. The molecule has 0 heterocycles. The summed E-state index contributed by atoms with van der Waals surface area (Å²) in [4.78, 5) is 2.67. The second kappa shape index (κ2) is 7.68. The Balaban J connectivity index is 2.02. The number of ether oxygens (including phenoxy) is 1. The SMILES string of the molecule is CCCOc1ccc2c(c1)CC(N(CCC)CCC)C2. The molecule has 0 radical (unpaired) electrons. The average Bonchev–Trinajstić information content (AvgIpc) is 2.87. The van der Waals surface area contributed by atoms with Crippen LogP contribution in [0.2, 0.25) is 0 Å². The molecule has 2 nitrogen and oxygen atoms in total. The Morgan fingerprint density at radius 2 is 1.70 bits per heavy atom. The third kappa shape index (κ3) is 3.76. The van der Waals surface area contributed by atoms with Crippen LogP contribution >= 0.6 is 0 Å². The minimum atomic E-state index is 0.700. The zero-order valence-electron chi connectivity index (χ0n) is 13.3. The summed E-state index contributed by atoms with van der Waals surface area (Å²) in [6.07, 6.45) is 5.97. The van der Waals surface area contributed by atoms with Crippen molar-refractivity contribution in [3.63, 3.8) is 0 Å². The molecule has 1 aromatic carbocycles. The summed E-state index contributed by atoms with van der Waals surface area (Å²) in [5, 5.41) is 0. The van der Waals surface area contributed by atoms with Crippen molar-refractivity contribution in [1.82, 2.24) is 4.90 Å². The molecular formula is C18H29NO. The van der Waals surface area contributed by atoms with Crippen LogP contribution in [0.1, 0.15) is 51.2 Å². The van der Waals surface area contributed by atoms with Crippen LogP contribution in [0.4, 0.5) is 0 Å². The molecule has 0 spiro atoms. The molecule has 0 aliphatic heterocycles. The highest BCUT2D eigenvalue weighted by molar-refractivity contribution is 5.40. The predicted octanol–water partition coefficient (Wildman–Crippen LogP) is 4.06. The fourth-order valence-electron chi connectivity index (χ4n) is 3.19. The van der Waals surface area contributed by atoms with Crippen molar-refractivity contribution < 1.29 is 4.74 Å². The van der Waals surface area contributed by atoms with Crippen LogP contribution in [-0.2, 0) is 12.8 Å². The largest absolute Gasteiger partial charge is 0.494 e. The van der Waals surface area contributed by atoms with Crippen LogP contribution in [0.3, 0.4) is 0 Å². The van der Waals surface area contributed by atoms with Gasteiger partial charge in [-0.2, -0.15) is 0 Å². The second-order valence-corrected chi connectivity index (χ2v) is 5.88. The van der Waals surface area contributed by atoms with Crippen LogP contribution in [0.5, 0.6) is 5.75 Å². The Labute approximate surface area is 124 Å². The maximum Gasteiger partial charge on any atom is 0.119 e. The topological polar surface area (TPSA) is 12.5 Å². The number of benzene rings is 1. The van der Waals surface area contributed by atoms with Crippen LogP contribution in [0, 0.1) is 0 Å². The Morgan fingerprint density at radius 3 is 2.35 bits per heavy atom. The fourth-order valence-corrected chi connectivity index (χ4v) is 3.19. The van der Waals surface area contributed by atoms with Gasteiger partial charge in [-0.1, -0.05) is 26.8 Å². The fraction of sp³-hybridized carbons (Fsp3) is 0.667. The molecule has 1 atom stereocenters. The maximum atomic E-state index is 5.76. The molecule has 0 fully saturated rings. The number of hydrogen-bond acceptors (Lipinski definition) is 2. The molecule has 0 saturated carbocycles. The summed E-state index contributed by atoms with van der Waals surface area (Å²) in [5.41, 5.74) is 3.02. The highest BCUT2D eigenvalue weighted by Crippen LogP contribution is 2.29. The van der Waals surface area contributed by atoms with Crippen LogP contribution in [0.15, 0.2) is 18.2 Å². The lowest BCUT2D eigenvalue weighted by Crippen LogP contribution is -2.37. The van der Waals surface area contributed by atoms with Gasteiger partial charge >= 0.3 is 0 Å². The summed E-state index contributed by atoms with van der Waals surface area (Å²) in [7, 11) is 0. The Hall–Kier alpha value is -1.02. The number of nitrogens with zero attached hydrogens (tertiary/aromatic N) is 1. The first-order valence-corrected chi connectivity index (χ1v) is 8.27. The van der Waals surface area contributed by atoms with Gasteiger partial charge < -0.3 is 4.74 Å². The third-order valence-corrected chi connectivity index (χ3v) is 4.10. The zero-order chi connectivity index (χ0) is 14.4. The van der Waals surface area contributed by atoms with Crippen molar-refractivity contribution in [2.45, 2.75) is 58.9 Å². The van der Waals surface area contributed by atoms with Crippen molar-refractivity contribution in [1.29, 1.82) is 0 Å². The minimum absolute atomic E-state index is 0.700. The molecule has 20 heavy (non-hydrogen) atoms. The third-order valence-electron chi connectivity index (χ3n) is 4.10. The first-order valence-electron chi connectivity index (χ1n) is 8.27. The monoisotopic (exact) mass is 275 g/mol. The van der Waals surface area contributed by atoms with Crippen molar-refractivity contribution in [2.75, 3.05) is 19.7 Å². The summed E-state index contributed by atoms with van der Waals surface area (Å²) >= 11 is 0. The van der Waals surface area contributed by atoms with Gasteiger partial charge in [0.2, 0.25) is 0 Å². The molecule has 0 saturated heterocycles. The van der Waals surface area contributed by atoms with Gasteiger partial charge in [-0.3, -0.25) is 4.90 Å². The molecule has 0 amide bonds. The Bertz CT molecular complexity index is 410. The first-order chi connectivity index (χ1) is 9.78. The summed E-state index contributed by atoms with van der Waals surface area (Å²) in [6, 6.07) is 7.38. The Morgan fingerprint density at radius 1 is 1.00 bits per heavy atom. The van der Waals surface area contributed by atoms with E-state index in [2.05, 4.69) is 43.9 Å². The van der Waals surface area contributed by atoms with Crippen molar-refractivity contribution in [3.8, 4) is 5.75 Å². The summed E-state index contributed by atoms with van der Waals surface area (Å²) in [6.45, 7) is 9.98. The van der Waals surface area contributed by atoms with Crippen molar-refractivity contribution >= 4 is 0 Å². The lowest BCUT2D eigenvalue weighted by molar-refractivity contribution is 0.202. The number of fused-ring (bicyclic) bond motifs is 1. The van der Waals surface area contributed by atoms with E-state index >= 15 is 0 Å². The van der Waals surface area contributed by atoms with E-state index in [1.165, 1.54) is 49.9 Å². The Kier molecular flexibility index (Phi) is 5.90. The van der Waals surface area contributed by atoms with Gasteiger partial charge in [0.05, 0.1) is 6.61 Å². The van der Waals surface area contributed by atoms with Gasteiger partial charge in [-0.25, -0.2) is 0 Å². The van der Waals surface area contributed by atoms with Crippen molar-refractivity contribution in [3.05, 3.63) is 29.3 Å². The molecule has 0 N–H and O–H groups in total. The molecule has 2 heteroatoms. The van der Waals surface area contributed by atoms with Gasteiger partial charge in [0, 0.05) is 6.04 Å². The van der Waals surface area contributed by atoms with Crippen LogP contribution in [0.25, 0.3) is 0 Å². The summed E-state index contributed by atoms with van der Waals surface area (Å²) < 4.78 is 5.76. The molecule has 0 bridgehead atoms. The lowest BCUT2D eigenvalue weighted by atomic mass is 10.1. The number of rotatable bonds is 8. The molecule has 1 aromatic rings. The zero-order valence-corrected chi connectivity index (χ0v) is 13.3. The second-order valence-electron chi connectivity index (χ2n) is 5.88. The van der Waals surface area contributed by atoms with E-state index in [4.69, 9.17) is 4.74 Å². The van der Waals surface area contributed by atoms with Gasteiger partial charge in [-0.15, -0.1) is 0 Å². The van der Waals surface area contributed by atoms with E-state index in [1.54, 1.807) is 0 Å². The molecule has 0 aromatic heterocycles. The van der Waals surface area contributed by atoms with Crippen LogP contribution in [-0.4, -0.2) is 30.6 Å². The average molecular weight is 275 g/mol. The van der Waals surface area contributed by atoms with Gasteiger partial charge in [0.1, 0.15) is 5.75 Å².